The molecule has 1 aromatic heterocycles. The van der Waals surface area contributed by atoms with Gasteiger partial charge in [-0.3, -0.25) is 9.78 Å². The van der Waals surface area contributed by atoms with E-state index < -0.39 is 12.0 Å². The number of aryl methyl sites for hydroxylation is 1. The lowest BCUT2D eigenvalue weighted by Gasteiger charge is -2.10. The molecule has 0 unspecified atom stereocenters. The molecule has 1 atom stereocenters. The molecular weight excluding hydrogens is 180 g/mol. The minimum Gasteiger partial charge on any atom is -0.480 e. The summed E-state index contributed by atoms with van der Waals surface area (Å²) in [6, 6.07) is 3.32. The van der Waals surface area contributed by atoms with Gasteiger partial charge in [-0.25, -0.2) is 0 Å². The van der Waals surface area contributed by atoms with E-state index in [4.69, 9.17) is 5.11 Å². The van der Waals surface area contributed by atoms with E-state index in [-0.39, 0.29) is 0 Å². The van der Waals surface area contributed by atoms with Gasteiger partial charge in [-0.15, -0.1) is 0 Å². The number of aliphatic carboxylic acids is 1. The zero-order chi connectivity index (χ0) is 10.4. The zero-order valence-electron chi connectivity index (χ0n) is 8.10. The molecule has 2 N–H and O–H groups in total. The van der Waals surface area contributed by atoms with Gasteiger partial charge >= 0.3 is 5.97 Å². The lowest BCUT2D eigenvalue weighted by Crippen LogP contribution is -2.34. The Balaban J connectivity index is 2.44. The number of nitrogens with one attached hydrogen (secondary N) is 1. The summed E-state index contributed by atoms with van der Waals surface area (Å²) in [4.78, 5) is 14.6. The molecule has 0 fully saturated rings. The first-order valence-corrected chi connectivity index (χ1v) is 4.53. The molecule has 76 valence electrons. The first-order valence-electron chi connectivity index (χ1n) is 4.53. The Labute approximate surface area is 83.0 Å². The monoisotopic (exact) mass is 194 g/mol. The van der Waals surface area contributed by atoms with Gasteiger partial charge in [0.05, 0.1) is 0 Å². The van der Waals surface area contributed by atoms with Gasteiger partial charge in [0.25, 0.3) is 0 Å². The summed E-state index contributed by atoms with van der Waals surface area (Å²) >= 11 is 0. The van der Waals surface area contributed by atoms with Crippen LogP contribution in [0.1, 0.15) is 12.0 Å². The molecule has 4 nitrogen and oxygen atoms in total. The van der Waals surface area contributed by atoms with Gasteiger partial charge in [0, 0.05) is 12.4 Å². The van der Waals surface area contributed by atoms with Crippen molar-refractivity contribution in [3.05, 3.63) is 30.1 Å². The van der Waals surface area contributed by atoms with Crippen molar-refractivity contribution in [2.24, 2.45) is 0 Å². The number of carboxylic acid groups (broad SMARTS) is 1. The zero-order valence-corrected chi connectivity index (χ0v) is 8.10. The largest absolute Gasteiger partial charge is 0.480 e. The van der Waals surface area contributed by atoms with Crippen LogP contribution in [0, 0.1) is 0 Å². The molecule has 0 spiro atoms. The second-order valence-corrected chi connectivity index (χ2v) is 3.08. The van der Waals surface area contributed by atoms with Gasteiger partial charge in [0.1, 0.15) is 6.04 Å². The number of aromatic nitrogens is 1. The predicted molar refractivity (Wildman–Crippen MR) is 53.0 cm³/mol. The van der Waals surface area contributed by atoms with E-state index in [0.29, 0.717) is 6.42 Å². The fourth-order valence-corrected chi connectivity index (χ4v) is 1.25. The van der Waals surface area contributed by atoms with E-state index in [2.05, 4.69) is 10.3 Å². The average Bonchev–Trinajstić information content (AvgIpc) is 2.20. The number of hydrogen-bond acceptors (Lipinski definition) is 3. The first kappa shape index (κ1) is 10.7. The SMILES string of the molecule is CN[C@H](CCc1cccnc1)C(=O)O. The summed E-state index contributed by atoms with van der Waals surface area (Å²) in [6.45, 7) is 0. The summed E-state index contributed by atoms with van der Waals surface area (Å²) in [5, 5.41) is 11.5. The third kappa shape index (κ3) is 3.14. The van der Waals surface area contributed by atoms with Crippen LogP contribution in [0.25, 0.3) is 0 Å². The molecule has 14 heavy (non-hydrogen) atoms. The molecule has 1 heterocycles. The van der Waals surface area contributed by atoms with Crippen molar-refractivity contribution in [2.75, 3.05) is 7.05 Å². The van der Waals surface area contributed by atoms with E-state index in [9.17, 15) is 4.79 Å². The van der Waals surface area contributed by atoms with Crippen LogP contribution in [-0.2, 0) is 11.2 Å². The molecule has 0 aromatic carbocycles. The molecule has 1 aromatic rings. The number of likely N-dealkylation sites (N-methyl/N-ethyl adjacent to an activating group) is 1. The van der Waals surface area contributed by atoms with E-state index in [1.165, 1.54) is 0 Å². The molecule has 0 aliphatic heterocycles. The Kier molecular flexibility index (Phi) is 4.07. The Morgan fingerprint density at radius 1 is 1.71 bits per heavy atom. The van der Waals surface area contributed by atoms with Crippen LogP contribution in [0.4, 0.5) is 0 Å². The molecular formula is C10H14N2O2. The predicted octanol–water partition coefficient (Wildman–Crippen LogP) is 0.687. The van der Waals surface area contributed by atoms with Crippen LogP contribution in [0.3, 0.4) is 0 Å². The maximum atomic E-state index is 10.7. The minimum atomic E-state index is -0.809. The highest BCUT2D eigenvalue weighted by Gasteiger charge is 2.13. The molecule has 0 bridgehead atoms. The van der Waals surface area contributed by atoms with E-state index in [0.717, 1.165) is 12.0 Å². The van der Waals surface area contributed by atoms with Gasteiger partial charge in [0.15, 0.2) is 0 Å². The Hall–Kier alpha value is -1.42. The molecule has 1 rings (SSSR count). The van der Waals surface area contributed by atoms with Crippen LogP contribution in [-0.4, -0.2) is 29.1 Å². The van der Waals surface area contributed by atoms with Crippen LogP contribution in [0.2, 0.25) is 0 Å². The van der Waals surface area contributed by atoms with E-state index >= 15 is 0 Å². The highest BCUT2D eigenvalue weighted by molar-refractivity contribution is 5.73. The maximum Gasteiger partial charge on any atom is 0.320 e. The third-order valence-electron chi connectivity index (χ3n) is 2.09. The Morgan fingerprint density at radius 2 is 2.50 bits per heavy atom. The van der Waals surface area contributed by atoms with Gasteiger partial charge in [-0.05, 0) is 31.5 Å². The second kappa shape index (κ2) is 5.34. The van der Waals surface area contributed by atoms with E-state index in [1.807, 2.05) is 12.1 Å². The molecule has 0 aliphatic carbocycles. The lowest BCUT2D eigenvalue weighted by molar-refractivity contribution is -0.139. The van der Waals surface area contributed by atoms with Crippen molar-refractivity contribution in [1.82, 2.24) is 10.3 Å². The van der Waals surface area contributed by atoms with Crippen LogP contribution >= 0.6 is 0 Å². The second-order valence-electron chi connectivity index (χ2n) is 3.08. The number of carbonyl (C=O) groups is 1. The maximum absolute atomic E-state index is 10.7. The summed E-state index contributed by atoms with van der Waals surface area (Å²) < 4.78 is 0. The molecule has 0 saturated heterocycles. The number of rotatable bonds is 5. The van der Waals surface area contributed by atoms with Gasteiger partial charge in [-0.2, -0.15) is 0 Å². The molecule has 0 amide bonds. The summed E-state index contributed by atoms with van der Waals surface area (Å²) in [5.74, 6) is -0.809. The van der Waals surface area contributed by atoms with Crippen molar-refractivity contribution in [3.63, 3.8) is 0 Å². The lowest BCUT2D eigenvalue weighted by atomic mass is 10.1. The normalized spacial score (nSPS) is 12.4. The fourth-order valence-electron chi connectivity index (χ4n) is 1.25. The summed E-state index contributed by atoms with van der Waals surface area (Å²) in [6.07, 6.45) is 4.77. The standard InChI is InChI=1S/C10H14N2O2/c1-11-9(10(13)14)5-4-8-3-2-6-12-7-8/h2-3,6-7,9,11H,4-5H2,1H3,(H,13,14)/t9-/m1/s1. The van der Waals surface area contributed by atoms with Gasteiger partial charge < -0.3 is 10.4 Å². The first-order chi connectivity index (χ1) is 6.74. The number of carboxylic acids is 1. The highest BCUT2D eigenvalue weighted by Crippen LogP contribution is 2.03. The molecule has 0 radical (unpaired) electrons. The van der Waals surface area contributed by atoms with Crippen molar-refractivity contribution in [2.45, 2.75) is 18.9 Å². The van der Waals surface area contributed by atoms with Crippen molar-refractivity contribution >= 4 is 5.97 Å². The van der Waals surface area contributed by atoms with Crippen molar-refractivity contribution in [1.29, 1.82) is 0 Å². The Bertz CT molecular complexity index is 287. The quantitative estimate of drug-likeness (QED) is 0.723. The highest BCUT2D eigenvalue weighted by atomic mass is 16.4. The van der Waals surface area contributed by atoms with E-state index in [1.54, 1.807) is 19.4 Å². The summed E-state index contributed by atoms with van der Waals surface area (Å²) in [7, 11) is 1.65. The fraction of sp³-hybridized carbons (Fsp3) is 0.400. The van der Waals surface area contributed by atoms with Crippen molar-refractivity contribution < 1.29 is 9.90 Å². The summed E-state index contributed by atoms with van der Waals surface area (Å²) in [5.41, 5.74) is 1.06. The number of hydrogen-bond donors (Lipinski definition) is 2. The average molecular weight is 194 g/mol. The molecule has 0 saturated carbocycles. The third-order valence-corrected chi connectivity index (χ3v) is 2.09. The smallest absolute Gasteiger partial charge is 0.320 e. The van der Waals surface area contributed by atoms with Gasteiger partial charge in [-0.1, -0.05) is 6.07 Å². The van der Waals surface area contributed by atoms with Gasteiger partial charge in [0.2, 0.25) is 0 Å². The topological polar surface area (TPSA) is 62.2 Å². The number of nitrogens with zero attached hydrogens (tertiary/aromatic N) is 1. The van der Waals surface area contributed by atoms with Crippen LogP contribution in [0.15, 0.2) is 24.5 Å². The van der Waals surface area contributed by atoms with Crippen LogP contribution in [0.5, 0.6) is 0 Å². The molecule has 0 aliphatic rings. The van der Waals surface area contributed by atoms with Crippen LogP contribution < -0.4 is 5.32 Å². The minimum absolute atomic E-state index is 0.477. The molecule has 4 heteroatoms. The Morgan fingerprint density at radius 3 is 3.00 bits per heavy atom. The number of pyridine rings is 1. The van der Waals surface area contributed by atoms with Crippen molar-refractivity contribution in [3.8, 4) is 0 Å².